The Labute approximate surface area is 193 Å². The Balaban J connectivity index is 1.35. The van der Waals surface area contributed by atoms with E-state index >= 15 is 0 Å². The smallest absolute Gasteiger partial charge is 0.229 e. The molecule has 2 saturated heterocycles. The van der Waals surface area contributed by atoms with Gasteiger partial charge in [0.2, 0.25) is 5.91 Å². The fourth-order valence-corrected chi connectivity index (χ4v) is 5.18. The van der Waals surface area contributed by atoms with E-state index in [1.807, 2.05) is 27.6 Å². The standard InChI is InChI=1S/C26H30FN3O3/c27-23-4-2-1-3-22(23)16-26(7-12-32-13-8-26)25(31)30-11-14-33-19-21(18-30)15-20-5-6-24-28-9-10-29(24)17-20/h1-6,9-10,17,21H,7-8,11-16,18-19H2. The van der Waals surface area contributed by atoms with Crippen molar-refractivity contribution in [1.82, 2.24) is 14.3 Å². The zero-order valence-electron chi connectivity index (χ0n) is 18.8. The molecule has 1 aromatic carbocycles. The van der Waals surface area contributed by atoms with Gasteiger partial charge in [-0.05, 0) is 48.9 Å². The van der Waals surface area contributed by atoms with Crippen LogP contribution in [0.3, 0.4) is 0 Å². The van der Waals surface area contributed by atoms with Crippen molar-refractivity contribution in [2.24, 2.45) is 11.3 Å². The number of hydrogen-bond acceptors (Lipinski definition) is 4. The maximum atomic E-state index is 14.5. The molecule has 3 aromatic rings. The van der Waals surface area contributed by atoms with E-state index in [0.717, 1.165) is 12.1 Å². The SMILES string of the molecule is O=C(N1CCOCC(Cc2ccc3nccn3c2)C1)C1(Cc2ccccc2F)CCOCC1. The van der Waals surface area contributed by atoms with Crippen LogP contribution in [0.2, 0.25) is 0 Å². The number of pyridine rings is 1. The van der Waals surface area contributed by atoms with Gasteiger partial charge in [0.15, 0.2) is 0 Å². The van der Waals surface area contributed by atoms with Gasteiger partial charge in [0.25, 0.3) is 0 Å². The molecule has 174 valence electrons. The molecule has 0 aliphatic carbocycles. The second kappa shape index (κ2) is 9.61. The van der Waals surface area contributed by atoms with Gasteiger partial charge in [0.1, 0.15) is 11.5 Å². The number of fused-ring (bicyclic) bond motifs is 1. The topological polar surface area (TPSA) is 56.1 Å². The first kappa shape index (κ1) is 22.0. The van der Waals surface area contributed by atoms with Crippen LogP contribution in [-0.4, -0.2) is 59.7 Å². The van der Waals surface area contributed by atoms with Crippen LogP contribution in [-0.2, 0) is 27.1 Å². The molecule has 0 bridgehead atoms. The molecule has 1 unspecified atom stereocenters. The third-order valence-electron chi connectivity index (χ3n) is 6.99. The molecule has 7 heteroatoms. The number of carbonyl (C=O) groups is 1. The summed E-state index contributed by atoms with van der Waals surface area (Å²) in [6, 6.07) is 10.9. The lowest BCUT2D eigenvalue weighted by Crippen LogP contribution is -2.50. The van der Waals surface area contributed by atoms with Gasteiger partial charge in [-0.2, -0.15) is 0 Å². The van der Waals surface area contributed by atoms with Crippen molar-refractivity contribution in [3.05, 3.63) is 71.9 Å². The summed E-state index contributed by atoms with van der Waals surface area (Å²) in [5, 5.41) is 0. The molecule has 0 N–H and O–H groups in total. The average Bonchev–Trinajstić information content (AvgIpc) is 3.18. The molecule has 0 saturated carbocycles. The number of ether oxygens (including phenoxy) is 2. The van der Waals surface area contributed by atoms with Gasteiger partial charge in [-0.3, -0.25) is 4.79 Å². The summed E-state index contributed by atoms with van der Waals surface area (Å²) in [4.78, 5) is 20.2. The van der Waals surface area contributed by atoms with Crippen LogP contribution in [0.15, 0.2) is 55.0 Å². The second-order valence-corrected chi connectivity index (χ2v) is 9.29. The summed E-state index contributed by atoms with van der Waals surface area (Å²) < 4.78 is 28.0. The number of nitrogens with zero attached hydrogens (tertiary/aromatic N) is 3. The van der Waals surface area contributed by atoms with Crippen LogP contribution in [0.4, 0.5) is 4.39 Å². The number of hydrogen-bond donors (Lipinski definition) is 0. The van der Waals surface area contributed by atoms with E-state index in [9.17, 15) is 9.18 Å². The lowest BCUT2D eigenvalue weighted by Gasteiger charge is -2.40. The number of imidazole rings is 1. The molecule has 6 nitrogen and oxygen atoms in total. The van der Waals surface area contributed by atoms with Gasteiger partial charge in [-0.25, -0.2) is 9.37 Å². The lowest BCUT2D eigenvalue weighted by molar-refractivity contribution is -0.148. The molecular weight excluding hydrogens is 421 g/mol. The first-order chi connectivity index (χ1) is 16.1. The molecule has 33 heavy (non-hydrogen) atoms. The van der Waals surface area contributed by atoms with Crippen molar-refractivity contribution in [3.8, 4) is 0 Å². The van der Waals surface area contributed by atoms with Crippen LogP contribution < -0.4 is 0 Å². The highest BCUT2D eigenvalue weighted by Gasteiger charge is 2.43. The van der Waals surface area contributed by atoms with Crippen LogP contribution in [0.25, 0.3) is 5.65 Å². The van der Waals surface area contributed by atoms with E-state index in [1.54, 1.807) is 18.3 Å². The van der Waals surface area contributed by atoms with Crippen molar-refractivity contribution < 1.29 is 18.7 Å². The van der Waals surface area contributed by atoms with Gasteiger partial charge in [-0.15, -0.1) is 0 Å². The largest absolute Gasteiger partial charge is 0.381 e. The number of amides is 1. The highest BCUT2D eigenvalue weighted by atomic mass is 19.1. The Morgan fingerprint density at radius 2 is 1.97 bits per heavy atom. The summed E-state index contributed by atoms with van der Waals surface area (Å²) >= 11 is 0. The van der Waals surface area contributed by atoms with E-state index < -0.39 is 5.41 Å². The third-order valence-corrected chi connectivity index (χ3v) is 6.99. The molecule has 2 aromatic heterocycles. The molecular formula is C26H30FN3O3. The Hall–Kier alpha value is -2.77. The minimum atomic E-state index is -0.634. The van der Waals surface area contributed by atoms with Crippen LogP contribution >= 0.6 is 0 Å². The summed E-state index contributed by atoms with van der Waals surface area (Å²) in [6.07, 6.45) is 8.27. The molecule has 1 amide bonds. The predicted molar refractivity (Wildman–Crippen MR) is 122 cm³/mol. The molecule has 2 aliphatic rings. The van der Waals surface area contributed by atoms with Crippen LogP contribution in [0.1, 0.15) is 24.0 Å². The van der Waals surface area contributed by atoms with Gasteiger partial charge < -0.3 is 18.8 Å². The zero-order valence-corrected chi connectivity index (χ0v) is 18.8. The highest BCUT2D eigenvalue weighted by Crippen LogP contribution is 2.37. The fourth-order valence-electron chi connectivity index (χ4n) is 5.18. The molecule has 0 spiro atoms. The monoisotopic (exact) mass is 451 g/mol. The number of rotatable bonds is 5. The average molecular weight is 452 g/mol. The third kappa shape index (κ3) is 4.80. The van der Waals surface area contributed by atoms with E-state index in [0.29, 0.717) is 64.3 Å². The van der Waals surface area contributed by atoms with E-state index in [-0.39, 0.29) is 17.6 Å². The Morgan fingerprint density at radius 1 is 1.12 bits per heavy atom. The number of halogens is 1. The van der Waals surface area contributed by atoms with Gasteiger partial charge in [-0.1, -0.05) is 24.3 Å². The summed E-state index contributed by atoms with van der Waals surface area (Å²) in [7, 11) is 0. The molecule has 2 aliphatic heterocycles. The van der Waals surface area contributed by atoms with E-state index in [1.165, 1.54) is 11.6 Å². The van der Waals surface area contributed by atoms with Gasteiger partial charge >= 0.3 is 0 Å². The van der Waals surface area contributed by atoms with Gasteiger partial charge in [0.05, 0.1) is 18.6 Å². The first-order valence-corrected chi connectivity index (χ1v) is 11.7. The number of benzene rings is 1. The molecule has 2 fully saturated rings. The predicted octanol–water partition coefficient (Wildman–Crippen LogP) is 3.53. The lowest BCUT2D eigenvalue weighted by atomic mass is 9.73. The highest BCUT2D eigenvalue weighted by molar-refractivity contribution is 5.83. The number of carbonyl (C=O) groups excluding carboxylic acids is 1. The molecule has 1 atom stereocenters. The Morgan fingerprint density at radius 3 is 2.82 bits per heavy atom. The van der Waals surface area contributed by atoms with E-state index in [2.05, 4.69) is 17.2 Å². The minimum Gasteiger partial charge on any atom is -0.381 e. The minimum absolute atomic E-state index is 0.106. The fraction of sp³-hybridized carbons (Fsp3) is 0.462. The second-order valence-electron chi connectivity index (χ2n) is 9.29. The van der Waals surface area contributed by atoms with Crippen LogP contribution in [0, 0.1) is 17.2 Å². The van der Waals surface area contributed by atoms with Crippen molar-refractivity contribution in [2.45, 2.75) is 25.7 Å². The summed E-state index contributed by atoms with van der Waals surface area (Å²) in [5.74, 6) is 0.0560. The van der Waals surface area contributed by atoms with Crippen molar-refractivity contribution >= 4 is 11.6 Å². The van der Waals surface area contributed by atoms with Crippen LogP contribution in [0.5, 0.6) is 0 Å². The summed E-state index contributed by atoms with van der Waals surface area (Å²) in [6.45, 7) is 3.40. The molecule has 4 heterocycles. The normalized spacial score (nSPS) is 21.1. The molecule has 5 rings (SSSR count). The maximum absolute atomic E-state index is 14.5. The maximum Gasteiger partial charge on any atom is 0.229 e. The summed E-state index contributed by atoms with van der Waals surface area (Å²) in [5.41, 5.74) is 2.08. The first-order valence-electron chi connectivity index (χ1n) is 11.7. The zero-order chi connectivity index (χ0) is 22.7. The molecule has 0 radical (unpaired) electrons. The quantitative estimate of drug-likeness (QED) is 0.596. The van der Waals surface area contributed by atoms with Crippen molar-refractivity contribution in [3.63, 3.8) is 0 Å². The van der Waals surface area contributed by atoms with Crippen molar-refractivity contribution in [2.75, 3.05) is 39.5 Å². The van der Waals surface area contributed by atoms with Crippen molar-refractivity contribution in [1.29, 1.82) is 0 Å². The number of aromatic nitrogens is 2. The Bertz CT molecular complexity index is 1110. The van der Waals surface area contributed by atoms with Gasteiger partial charge in [0, 0.05) is 50.8 Å². The van der Waals surface area contributed by atoms with E-state index in [4.69, 9.17) is 9.47 Å². The Kier molecular flexibility index (Phi) is 6.42.